The van der Waals surface area contributed by atoms with Gasteiger partial charge in [0.05, 0.1) is 5.52 Å². The number of benzene rings is 2. The lowest BCUT2D eigenvalue weighted by molar-refractivity contribution is 1.31. The van der Waals surface area contributed by atoms with Crippen molar-refractivity contribution in [3.8, 4) is 11.1 Å². The second-order valence-corrected chi connectivity index (χ2v) is 5.64. The third-order valence-electron chi connectivity index (χ3n) is 4.01. The maximum Gasteiger partial charge on any atom is 0.0711 e. The molecule has 0 radical (unpaired) electrons. The maximum absolute atomic E-state index is 4.57. The second-order valence-electron chi connectivity index (χ2n) is 5.64. The van der Waals surface area contributed by atoms with Gasteiger partial charge in [-0.15, -0.1) is 0 Å². The van der Waals surface area contributed by atoms with Crippen LogP contribution in [0.15, 0.2) is 42.6 Å². The van der Waals surface area contributed by atoms with E-state index >= 15 is 0 Å². The van der Waals surface area contributed by atoms with E-state index in [0.29, 0.717) is 0 Å². The fourth-order valence-electron chi connectivity index (χ4n) is 2.68. The van der Waals surface area contributed by atoms with Crippen LogP contribution >= 0.6 is 0 Å². The molecule has 0 N–H and O–H groups in total. The Kier molecular flexibility index (Phi) is 3.06. The first-order chi connectivity index (χ1) is 9.56. The van der Waals surface area contributed by atoms with Crippen molar-refractivity contribution in [3.05, 3.63) is 64.8 Å². The van der Waals surface area contributed by atoms with E-state index in [2.05, 4.69) is 69.1 Å². The zero-order chi connectivity index (χ0) is 14.3. The van der Waals surface area contributed by atoms with Gasteiger partial charge in [-0.3, -0.25) is 4.98 Å². The molecule has 20 heavy (non-hydrogen) atoms. The van der Waals surface area contributed by atoms with Gasteiger partial charge in [-0.1, -0.05) is 30.3 Å². The first kappa shape index (κ1) is 12.9. The number of aryl methyl sites for hydroxylation is 4. The molecule has 0 saturated heterocycles. The van der Waals surface area contributed by atoms with Crippen LogP contribution in [-0.4, -0.2) is 4.98 Å². The van der Waals surface area contributed by atoms with Crippen LogP contribution in [0, 0.1) is 27.7 Å². The summed E-state index contributed by atoms with van der Waals surface area (Å²) in [6, 6.07) is 13.2. The van der Waals surface area contributed by atoms with Crippen molar-refractivity contribution in [1.82, 2.24) is 4.98 Å². The van der Waals surface area contributed by atoms with Crippen LogP contribution < -0.4 is 0 Å². The van der Waals surface area contributed by atoms with E-state index in [4.69, 9.17) is 0 Å². The van der Waals surface area contributed by atoms with Gasteiger partial charge in [-0.05, 0) is 67.1 Å². The largest absolute Gasteiger partial charge is 0.256 e. The Balaban J connectivity index is 2.34. The van der Waals surface area contributed by atoms with Crippen LogP contribution in [0.1, 0.15) is 22.3 Å². The molecular formula is C19H19N. The number of pyridine rings is 1. The SMILES string of the molecule is Cc1ccc2c(-c3ccc(C)c(C)c3)c(C)cnc2c1. The summed E-state index contributed by atoms with van der Waals surface area (Å²) >= 11 is 0. The summed E-state index contributed by atoms with van der Waals surface area (Å²) < 4.78 is 0. The van der Waals surface area contributed by atoms with Gasteiger partial charge in [0.2, 0.25) is 0 Å². The molecular weight excluding hydrogens is 242 g/mol. The van der Waals surface area contributed by atoms with Crippen molar-refractivity contribution in [1.29, 1.82) is 0 Å². The van der Waals surface area contributed by atoms with E-state index in [0.717, 1.165) is 5.52 Å². The number of fused-ring (bicyclic) bond motifs is 1. The normalized spacial score (nSPS) is 11.0. The Labute approximate surface area is 120 Å². The van der Waals surface area contributed by atoms with Crippen molar-refractivity contribution in [2.75, 3.05) is 0 Å². The quantitative estimate of drug-likeness (QED) is 0.591. The topological polar surface area (TPSA) is 12.9 Å². The van der Waals surface area contributed by atoms with Crippen LogP contribution in [0.25, 0.3) is 22.0 Å². The number of rotatable bonds is 1. The molecule has 100 valence electrons. The molecule has 0 aliphatic carbocycles. The molecule has 0 atom stereocenters. The number of nitrogens with zero attached hydrogens (tertiary/aromatic N) is 1. The lowest BCUT2D eigenvalue weighted by Gasteiger charge is -2.12. The lowest BCUT2D eigenvalue weighted by Crippen LogP contribution is -1.91. The van der Waals surface area contributed by atoms with Crippen LogP contribution in [-0.2, 0) is 0 Å². The zero-order valence-corrected chi connectivity index (χ0v) is 12.5. The number of aromatic nitrogens is 1. The second kappa shape index (κ2) is 4.75. The Morgan fingerprint density at radius 2 is 1.55 bits per heavy atom. The van der Waals surface area contributed by atoms with Crippen LogP contribution in [0.3, 0.4) is 0 Å². The van der Waals surface area contributed by atoms with E-state index in [-0.39, 0.29) is 0 Å². The summed E-state index contributed by atoms with van der Waals surface area (Å²) in [7, 11) is 0. The Morgan fingerprint density at radius 3 is 2.30 bits per heavy atom. The van der Waals surface area contributed by atoms with Crippen LogP contribution in [0.2, 0.25) is 0 Å². The van der Waals surface area contributed by atoms with Crippen molar-refractivity contribution in [2.24, 2.45) is 0 Å². The molecule has 0 bridgehead atoms. The minimum atomic E-state index is 1.07. The van der Waals surface area contributed by atoms with Gasteiger partial charge in [0, 0.05) is 11.6 Å². The summed E-state index contributed by atoms with van der Waals surface area (Å²) in [5, 5.41) is 1.24. The summed E-state index contributed by atoms with van der Waals surface area (Å²) in [6.45, 7) is 8.56. The third kappa shape index (κ3) is 2.09. The average molecular weight is 261 g/mol. The molecule has 0 aliphatic rings. The van der Waals surface area contributed by atoms with Gasteiger partial charge in [0.1, 0.15) is 0 Å². The molecule has 0 fully saturated rings. The molecule has 0 aliphatic heterocycles. The lowest BCUT2D eigenvalue weighted by atomic mass is 9.94. The Morgan fingerprint density at radius 1 is 0.750 bits per heavy atom. The molecule has 2 aromatic carbocycles. The highest BCUT2D eigenvalue weighted by Gasteiger charge is 2.09. The predicted molar refractivity (Wildman–Crippen MR) is 86.1 cm³/mol. The predicted octanol–water partition coefficient (Wildman–Crippen LogP) is 5.14. The van der Waals surface area contributed by atoms with Gasteiger partial charge in [0.15, 0.2) is 0 Å². The molecule has 0 unspecified atom stereocenters. The minimum absolute atomic E-state index is 1.07. The number of hydrogen-bond acceptors (Lipinski definition) is 1. The van der Waals surface area contributed by atoms with E-state index < -0.39 is 0 Å². The zero-order valence-electron chi connectivity index (χ0n) is 12.5. The molecule has 3 rings (SSSR count). The van der Waals surface area contributed by atoms with Gasteiger partial charge < -0.3 is 0 Å². The molecule has 0 spiro atoms. The van der Waals surface area contributed by atoms with Crippen molar-refractivity contribution < 1.29 is 0 Å². The Hall–Kier alpha value is -2.15. The van der Waals surface area contributed by atoms with Crippen molar-refractivity contribution in [2.45, 2.75) is 27.7 Å². The summed E-state index contributed by atoms with van der Waals surface area (Å²) in [4.78, 5) is 4.57. The van der Waals surface area contributed by atoms with Gasteiger partial charge in [-0.25, -0.2) is 0 Å². The van der Waals surface area contributed by atoms with Gasteiger partial charge in [-0.2, -0.15) is 0 Å². The van der Waals surface area contributed by atoms with Crippen LogP contribution in [0.4, 0.5) is 0 Å². The first-order valence-electron chi connectivity index (χ1n) is 7.00. The van der Waals surface area contributed by atoms with E-state index in [1.54, 1.807) is 0 Å². The van der Waals surface area contributed by atoms with Crippen LogP contribution in [0.5, 0.6) is 0 Å². The fraction of sp³-hybridized carbons (Fsp3) is 0.211. The summed E-state index contributed by atoms with van der Waals surface area (Å²) in [5.74, 6) is 0. The highest BCUT2D eigenvalue weighted by molar-refractivity contribution is 5.96. The monoisotopic (exact) mass is 261 g/mol. The number of hydrogen-bond donors (Lipinski definition) is 0. The smallest absolute Gasteiger partial charge is 0.0711 e. The molecule has 1 nitrogen and oxygen atoms in total. The minimum Gasteiger partial charge on any atom is -0.256 e. The van der Waals surface area contributed by atoms with E-state index in [9.17, 15) is 0 Å². The van der Waals surface area contributed by atoms with Gasteiger partial charge in [0.25, 0.3) is 0 Å². The van der Waals surface area contributed by atoms with Crippen molar-refractivity contribution >= 4 is 10.9 Å². The summed E-state index contributed by atoms with van der Waals surface area (Å²) in [5.41, 5.74) is 8.80. The average Bonchev–Trinajstić information content (AvgIpc) is 2.42. The Bertz CT molecular complexity index is 800. The highest BCUT2D eigenvalue weighted by Crippen LogP contribution is 2.32. The molecule has 1 heteroatoms. The van der Waals surface area contributed by atoms with E-state index in [1.165, 1.54) is 38.8 Å². The third-order valence-corrected chi connectivity index (χ3v) is 4.01. The molecule has 1 heterocycles. The highest BCUT2D eigenvalue weighted by atomic mass is 14.7. The molecule has 1 aromatic heterocycles. The first-order valence-corrected chi connectivity index (χ1v) is 7.00. The molecule has 0 saturated carbocycles. The van der Waals surface area contributed by atoms with Crippen molar-refractivity contribution in [3.63, 3.8) is 0 Å². The summed E-state index contributed by atoms with van der Waals surface area (Å²) in [6.07, 6.45) is 1.98. The van der Waals surface area contributed by atoms with Gasteiger partial charge >= 0.3 is 0 Å². The maximum atomic E-state index is 4.57. The molecule has 3 aromatic rings. The standard InChI is InChI=1S/C19H19N/c1-12-5-8-17-18(9-12)20-11-15(4)19(17)16-7-6-13(2)14(3)10-16/h5-11H,1-4H3. The fourth-order valence-corrected chi connectivity index (χ4v) is 2.68. The molecule has 0 amide bonds. The van der Waals surface area contributed by atoms with E-state index in [1.807, 2.05) is 6.20 Å².